The molecule has 0 N–H and O–H groups in total. The fourth-order valence-electron chi connectivity index (χ4n) is 2.62. The van der Waals surface area contributed by atoms with Crippen molar-refractivity contribution in [3.63, 3.8) is 0 Å². The molecule has 2 aromatic heterocycles. The Labute approximate surface area is 133 Å². The monoisotopic (exact) mass is 354 g/mol. The Balaban J connectivity index is 2.04. The summed E-state index contributed by atoms with van der Waals surface area (Å²) < 4.78 is 4.33. The lowest BCUT2D eigenvalue weighted by Crippen LogP contribution is -2.26. The van der Waals surface area contributed by atoms with Crippen molar-refractivity contribution in [3.05, 3.63) is 75.2 Å². The molecular weight excluding hydrogens is 344 g/mol. The molecule has 0 saturated carbocycles. The maximum atomic E-state index is 12.8. The average molecular weight is 355 g/mol. The van der Waals surface area contributed by atoms with Gasteiger partial charge in [0.15, 0.2) is 5.65 Å². The lowest BCUT2D eigenvalue weighted by atomic mass is 10.2. The Morgan fingerprint density at radius 1 is 1.00 bits per heavy atom. The Morgan fingerprint density at radius 2 is 1.73 bits per heavy atom. The van der Waals surface area contributed by atoms with E-state index in [9.17, 15) is 4.79 Å². The van der Waals surface area contributed by atoms with E-state index in [1.165, 1.54) is 0 Å². The van der Waals surface area contributed by atoms with E-state index < -0.39 is 0 Å². The highest BCUT2D eigenvalue weighted by Crippen LogP contribution is 2.18. The molecule has 0 aliphatic heterocycles. The summed E-state index contributed by atoms with van der Waals surface area (Å²) in [7, 11) is 0. The topological polar surface area (TPSA) is 52.2 Å². The molecule has 0 unspecified atom stereocenters. The number of fused-ring (bicyclic) bond motifs is 3. The van der Waals surface area contributed by atoms with E-state index in [1.54, 1.807) is 15.5 Å². The predicted octanol–water partition coefficient (Wildman–Crippen LogP) is 2.86. The van der Waals surface area contributed by atoms with Gasteiger partial charge in [-0.25, -0.2) is 9.20 Å². The molecule has 0 radical (unpaired) electrons. The molecule has 5 nitrogen and oxygen atoms in total. The van der Waals surface area contributed by atoms with Crippen LogP contribution >= 0.6 is 15.9 Å². The van der Waals surface area contributed by atoms with E-state index in [0.29, 0.717) is 17.6 Å². The molecule has 0 aliphatic rings. The highest BCUT2D eigenvalue weighted by atomic mass is 79.9. The summed E-state index contributed by atoms with van der Waals surface area (Å²) in [6.45, 7) is 0.444. The van der Waals surface area contributed by atoms with Gasteiger partial charge in [0, 0.05) is 9.86 Å². The largest absolute Gasteiger partial charge is 0.273 e. The van der Waals surface area contributed by atoms with Crippen LogP contribution in [0.4, 0.5) is 0 Å². The van der Waals surface area contributed by atoms with Gasteiger partial charge in [0.25, 0.3) is 5.56 Å². The molecule has 0 fully saturated rings. The molecule has 0 bridgehead atoms. The smallest absolute Gasteiger partial charge is 0.267 e. The summed E-state index contributed by atoms with van der Waals surface area (Å²) in [4.78, 5) is 12.8. The lowest BCUT2D eigenvalue weighted by molar-refractivity contribution is 0.603. The number of halogens is 1. The number of rotatable bonds is 2. The summed E-state index contributed by atoms with van der Waals surface area (Å²) >= 11 is 3.53. The van der Waals surface area contributed by atoms with E-state index in [4.69, 9.17) is 0 Å². The zero-order valence-electron chi connectivity index (χ0n) is 11.5. The molecule has 4 aromatic rings. The summed E-state index contributed by atoms with van der Waals surface area (Å²) in [5.41, 5.74) is 1.65. The van der Waals surface area contributed by atoms with E-state index >= 15 is 0 Å². The normalized spacial score (nSPS) is 11.3. The van der Waals surface area contributed by atoms with Gasteiger partial charge in [0.1, 0.15) is 6.33 Å². The van der Waals surface area contributed by atoms with Gasteiger partial charge < -0.3 is 0 Å². The quantitative estimate of drug-likeness (QED) is 0.556. The third kappa shape index (κ3) is 1.95. The molecule has 2 heterocycles. The minimum atomic E-state index is -0.0568. The van der Waals surface area contributed by atoms with E-state index in [1.807, 2.05) is 48.5 Å². The van der Waals surface area contributed by atoms with Crippen LogP contribution in [0.2, 0.25) is 0 Å². The van der Waals surface area contributed by atoms with Crippen LogP contribution in [-0.4, -0.2) is 19.4 Å². The fourth-order valence-corrected chi connectivity index (χ4v) is 3.03. The Hall–Kier alpha value is -2.47. The maximum absolute atomic E-state index is 12.8. The second kappa shape index (κ2) is 5.06. The highest BCUT2D eigenvalue weighted by Gasteiger charge is 2.12. The maximum Gasteiger partial charge on any atom is 0.273 e. The van der Waals surface area contributed by atoms with Gasteiger partial charge in [-0.1, -0.05) is 52.3 Å². The minimum absolute atomic E-state index is 0.0568. The lowest BCUT2D eigenvalue weighted by Gasteiger charge is -2.12. The first kappa shape index (κ1) is 13.2. The van der Waals surface area contributed by atoms with Gasteiger partial charge in [-0.3, -0.25) is 4.79 Å². The Kier molecular flexibility index (Phi) is 3.04. The van der Waals surface area contributed by atoms with Crippen molar-refractivity contribution in [2.45, 2.75) is 6.54 Å². The van der Waals surface area contributed by atoms with E-state index in [2.05, 4.69) is 26.1 Å². The van der Waals surface area contributed by atoms with Crippen LogP contribution in [-0.2, 0) is 6.54 Å². The van der Waals surface area contributed by atoms with Gasteiger partial charge in [-0.05, 0) is 17.7 Å². The highest BCUT2D eigenvalue weighted by molar-refractivity contribution is 9.10. The fraction of sp³-hybridized carbons (Fsp3) is 0.0625. The van der Waals surface area contributed by atoms with Crippen molar-refractivity contribution in [2.75, 3.05) is 0 Å². The third-order valence-electron chi connectivity index (χ3n) is 3.70. The van der Waals surface area contributed by atoms with Crippen molar-refractivity contribution in [2.24, 2.45) is 0 Å². The zero-order valence-corrected chi connectivity index (χ0v) is 13.1. The second-order valence-electron chi connectivity index (χ2n) is 5.00. The Morgan fingerprint density at radius 3 is 2.55 bits per heavy atom. The summed E-state index contributed by atoms with van der Waals surface area (Å²) in [6, 6.07) is 15.3. The van der Waals surface area contributed by atoms with Crippen molar-refractivity contribution in [1.82, 2.24) is 19.4 Å². The standard InChI is InChI=1S/C16H11BrN4O/c17-14-8-4-1-5-11(14)9-20-16(22)13-7-3-2-6-12(13)15-19-18-10-21(15)20/h1-8,10H,9H2. The van der Waals surface area contributed by atoms with Crippen LogP contribution in [0.3, 0.4) is 0 Å². The third-order valence-corrected chi connectivity index (χ3v) is 4.47. The molecule has 6 heteroatoms. The van der Waals surface area contributed by atoms with Crippen molar-refractivity contribution >= 4 is 32.3 Å². The SMILES string of the molecule is O=c1c2ccccc2c2nncn2n1Cc1ccccc1Br. The molecule has 0 spiro atoms. The number of nitrogens with zero attached hydrogens (tertiary/aromatic N) is 4. The summed E-state index contributed by atoms with van der Waals surface area (Å²) in [5, 5.41) is 9.57. The zero-order chi connectivity index (χ0) is 15.1. The van der Waals surface area contributed by atoms with Crippen molar-refractivity contribution in [3.8, 4) is 0 Å². The second-order valence-corrected chi connectivity index (χ2v) is 5.85. The number of benzene rings is 2. The molecular formula is C16H11BrN4O. The van der Waals surface area contributed by atoms with Gasteiger partial charge >= 0.3 is 0 Å². The van der Waals surface area contributed by atoms with Gasteiger partial charge in [0.2, 0.25) is 0 Å². The number of aromatic nitrogens is 4. The molecule has 108 valence electrons. The first-order chi connectivity index (χ1) is 10.8. The van der Waals surface area contributed by atoms with E-state index in [0.717, 1.165) is 15.4 Å². The molecule has 0 amide bonds. The van der Waals surface area contributed by atoms with Crippen molar-refractivity contribution < 1.29 is 0 Å². The summed E-state index contributed by atoms with van der Waals surface area (Å²) in [5.74, 6) is 0. The van der Waals surface area contributed by atoms with Gasteiger partial charge in [-0.2, -0.15) is 0 Å². The average Bonchev–Trinajstić information content (AvgIpc) is 3.03. The van der Waals surface area contributed by atoms with E-state index in [-0.39, 0.29) is 5.56 Å². The predicted molar refractivity (Wildman–Crippen MR) is 88.0 cm³/mol. The van der Waals surface area contributed by atoms with Crippen LogP contribution in [0.1, 0.15) is 5.56 Å². The Bertz CT molecular complexity index is 1050. The number of hydrogen-bond donors (Lipinski definition) is 0. The summed E-state index contributed by atoms with van der Waals surface area (Å²) in [6.07, 6.45) is 1.57. The van der Waals surface area contributed by atoms with Crippen LogP contribution in [0.15, 0.2) is 64.1 Å². The molecule has 0 saturated heterocycles. The first-order valence-electron chi connectivity index (χ1n) is 6.80. The van der Waals surface area contributed by atoms with Crippen LogP contribution in [0.5, 0.6) is 0 Å². The molecule has 0 aliphatic carbocycles. The van der Waals surface area contributed by atoms with Crippen molar-refractivity contribution in [1.29, 1.82) is 0 Å². The molecule has 2 aromatic carbocycles. The number of hydrogen-bond acceptors (Lipinski definition) is 3. The van der Waals surface area contributed by atoms with Gasteiger partial charge in [-0.15, -0.1) is 10.2 Å². The van der Waals surface area contributed by atoms with Crippen LogP contribution in [0, 0.1) is 0 Å². The minimum Gasteiger partial charge on any atom is -0.267 e. The first-order valence-corrected chi connectivity index (χ1v) is 7.60. The van der Waals surface area contributed by atoms with Gasteiger partial charge in [0.05, 0.1) is 11.9 Å². The van der Waals surface area contributed by atoms with Crippen LogP contribution < -0.4 is 5.56 Å². The molecule has 4 rings (SSSR count). The molecule has 22 heavy (non-hydrogen) atoms. The van der Waals surface area contributed by atoms with Crippen LogP contribution in [0.25, 0.3) is 16.4 Å². The molecule has 0 atom stereocenters.